The van der Waals surface area contributed by atoms with Crippen LogP contribution in [0.15, 0.2) is 4.79 Å². The number of H-pyrrole nitrogens is 1. The smallest absolute Gasteiger partial charge is 0.254 e. The van der Waals surface area contributed by atoms with E-state index in [1.54, 1.807) is 0 Å². The molecule has 1 aliphatic carbocycles. The van der Waals surface area contributed by atoms with Crippen molar-refractivity contribution < 1.29 is 0 Å². The molecule has 0 amide bonds. The molecule has 0 aromatic carbocycles. The number of hydrogen-bond acceptors (Lipinski definition) is 3. The van der Waals surface area contributed by atoms with Gasteiger partial charge in [0.1, 0.15) is 5.82 Å². The van der Waals surface area contributed by atoms with Gasteiger partial charge in [0, 0.05) is 17.7 Å². The number of rotatable bonds is 3. The standard InChI is InChI=1S/C13H21N3O/c1-9-12(10-5-3-2-4-6-10)13(17)16-11(15-9)7-8-14/h10H,2-8,14H2,1H3,(H,15,16,17). The first-order valence-corrected chi connectivity index (χ1v) is 6.52. The Morgan fingerprint density at radius 3 is 2.65 bits per heavy atom. The van der Waals surface area contributed by atoms with E-state index < -0.39 is 0 Å². The Kier molecular flexibility index (Phi) is 3.94. The molecule has 1 aromatic heterocycles. The number of nitrogens with zero attached hydrogens (tertiary/aromatic N) is 1. The van der Waals surface area contributed by atoms with Crippen LogP contribution >= 0.6 is 0 Å². The van der Waals surface area contributed by atoms with Gasteiger partial charge in [-0.05, 0) is 32.2 Å². The largest absolute Gasteiger partial charge is 0.330 e. The Bertz CT molecular complexity index is 433. The van der Waals surface area contributed by atoms with Crippen molar-refractivity contribution in [2.45, 2.75) is 51.4 Å². The van der Waals surface area contributed by atoms with Crippen molar-refractivity contribution in [3.63, 3.8) is 0 Å². The van der Waals surface area contributed by atoms with Crippen LogP contribution in [0.3, 0.4) is 0 Å². The maximum atomic E-state index is 12.1. The van der Waals surface area contributed by atoms with Crippen molar-refractivity contribution in [3.05, 3.63) is 27.4 Å². The summed E-state index contributed by atoms with van der Waals surface area (Å²) in [7, 11) is 0. The lowest BCUT2D eigenvalue weighted by Crippen LogP contribution is -2.24. The highest BCUT2D eigenvalue weighted by Gasteiger charge is 2.21. The summed E-state index contributed by atoms with van der Waals surface area (Å²) in [6.45, 7) is 2.46. The molecule has 0 bridgehead atoms. The van der Waals surface area contributed by atoms with Crippen LogP contribution in [-0.2, 0) is 6.42 Å². The molecule has 1 fully saturated rings. The molecular weight excluding hydrogens is 214 g/mol. The van der Waals surface area contributed by atoms with E-state index in [1.807, 2.05) is 6.92 Å². The highest BCUT2D eigenvalue weighted by atomic mass is 16.1. The van der Waals surface area contributed by atoms with Crippen LogP contribution in [0.5, 0.6) is 0 Å². The van der Waals surface area contributed by atoms with Gasteiger partial charge >= 0.3 is 0 Å². The van der Waals surface area contributed by atoms with E-state index in [-0.39, 0.29) is 5.56 Å². The summed E-state index contributed by atoms with van der Waals surface area (Å²) in [5.74, 6) is 1.13. The van der Waals surface area contributed by atoms with Crippen molar-refractivity contribution in [2.75, 3.05) is 6.54 Å². The van der Waals surface area contributed by atoms with Crippen LogP contribution in [-0.4, -0.2) is 16.5 Å². The van der Waals surface area contributed by atoms with E-state index in [1.165, 1.54) is 19.3 Å². The second-order valence-corrected chi connectivity index (χ2v) is 4.89. The molecule has 0 spiro atoms. The molecule has 94 valence electrons. The van der Waals surface area contributed by atoms with E-state index in [2.05, 4.69) is 9.97 Å². The lowest BCUT2D eigenvalue weighted by molar-refractivity contribution is 0.438. The lowest BCUT2D eigenvalue weighted by Gasteiger charge is -2.22. The minimum absolute atomic E-state index is 0.0489. The Labute approximate surface area is 102 Å². The highest BCUT2D eigenvalue weighted by molar-refractivity contribution is 5.22. The van der Waals surface area contributed by atoms with Crippen molar-refractivity contribution in [1.29, 1.82) is 0 Å². The second-order valence-electron chi connectivity index (χ2n) is 4.89. The zero-order valence-electron chi connectivity index (χ0n) is 10.5. The van der Waals surface area contributed by atoms with Crippen LogP contribution in [0, 0.1) is 6.92 Å². The number of nitrogens with two attached hydrogens (primary N) is 1. The summed E-state index contributed by atoms with van der Waals surface area (Å²) in [6.07, 6.45) is 6.65. The summed E-state index contributed by atoms with van der Waals surface area (Å²) in [5.41, 5.74) is 7.33. The van der Waals surface area contributed by atoms with E-state index >= 15 is 0 Å². The van der Waals surface area contributed by atoms with Gasteiger partial charge in [0.2, 0.25) is 0 Å². The summed E-state index contributed by atoms with van der Waals surface area (Å²) >= 11 is 0. The molecule has 4 nitrogen and oxygen atoms in total. The zero-order chi connectivity index (χ0) is 12.3. The normalized spacial score (nSPS) is 17.3. The molecule has 0 aliphatic heterocycles. The molecule has 1 aliphatic rings. The Balaban J connectivity index is 2.30. The van der Waals surface area contributed by atoms with Gasteiger partial charge in [-0.25, -0.2) is 4.98 Å². The Hall–Kier alpha value is -1.16. The number of aromatic nitrogens is 2. The summed E-state index contributed by atoms with van der Waals surface area (Å²) < 4.78 is 0. The van der Waals surface area contributed by atoms with Crippen LogP contribution < -0.4 is 11.3 Å². The summed E-state index contributed by atoms with van der Waals surface area (Å²) in [5, 5.41) is 0. The monoisotopic (exact) mass is 235 g/mol. The first kappa shape index (κ1) is 12.3. The van der Waals surface area contributed by atoms with Crippen LogP contribution in [0.2, 0.25) is 0 Å². The molecular formula is C13H21N3O. The molecule has 4 heteroatoms. The summed E-state index contributed by atoms with van der Waals surface area (Å²) in [6, 6.07) is 0. The maximum Gasteiger partial charge on any atom is 0.254 e. The lowest BCUT2D eigenvalue weighted by atomic mass is 9.84. The molecule has 0 atom stereocenters. The minimum Gasteiger partial charge on any atom is -0.330 e. The fourth-order valence-corrected chi connectivity index (χ4v) is 2.78. The molecule has 0 saturated heterocycles. The third-order valence-corrected chi connectivity index (χ3v) is 3.59. The van der Waals surface area contributed by atoms with E-state index in [0.29, 0.717) is 18.9 Å². The minimum atomic E-state index is 0.0489. The van der Waals surface area contributed by atoms with E-state index in [9.17, 15) is 4.79 Å². The fraction of sp³-hybridized carbons (Fsp3) is 0.692. The van der Waals surface area contributed by atoms with Crippen molar-refractivity contribution in [3.8, 4) is 0 Å². The van der Waals surface area contributed by atoms with Gasteiger partial charge in [0.05, 0.1) is 0 Å². The first-order valence-electron chi connectivity index (χ1n) is 6.52. The highest BCUT2D eigenvalue weighted by Crippen LogP contribution is 2.31. The van der Waals surface area contributed by atoms with Crippen molar-refractivity contribution in [2.24, 2.45) is 5.73 Å². The molecule has 0 unspecified atom stereocenters. The van der Waals surface area contributed by atoms with E-state index in [4.69, 9.17) is 5.73 Å². The van der Waals surface area contributed by atoms with Gasteiger partial charge in [0.25, 0.3) is 5.56 Å². The van der Waals surface area contributed by atoms with Crippen molar-refractivity contribution in [1.82, 2.24) is 9.97 Å². The van der Waals surface area contributed by atoms with E-state index in [0.717, 1.165) is 29.9 Å². The SMILES string of the molecule is Cc1nc(CCN)[nH]c(=O)c1C1CCCCC1. The topological polar surface area (TPSA) is 71.8 Å². The molecule has 3 N–H and O–H groups in total. The predicted octanol–water partition coefficient (Wildman–Crippen LogP) is 1.63. The first-order chi connectivity index (χ1) is 8.22. The van der Waals surface area contributed by atoms with Crippen LogP contribution in [0.1, 0.15) is 55.1 Å². The van der Waals surface area contributed by atoms with Crippen LogP contribution in [0.25, 0.3) is 0 Å². The summed E-state index contributed by atoms with van der Waals surface area (Å²) in [4.78, 5) is 19.4. The average molecular weight is 235 g/mol. The molecule has 2 rings (SSSR count). The second kappa shape index (κ2) is 5.45. The number of aromatic amines is 1. The van der Waals surface area contributed by atoms with Gasteiger partial charge in [-0.3, -0.25) is 4.79 Å². The third-order valence-electron chi connectivity index (χ3n) is 3.59. The van der Waals surface area contributed by atoms with Gasteiger partial charge in [-0.15, -0.1) is 0 Å². The van der Waals surface area contributed by atoms with Crippen LogP contribution in [0.4, 0.5) is 0 Å². The van der Waals surface area contributed by atoms with Gasteiger partial charge < -0.3 is 10.7 Å². The molecule has 0 radical (unpaired) electrons. The quantitative estimate of drug-likeness (QED) is 0.836. The Morgan fingerprint density at radius 1 is 1.35 bits per heavy atom. The molecule has 1 heterocycles. The number of hydrogen-bond donors (Lipinski definition) is 2. The zero-order valence-corrected chi connectivity index (χ0v) is 10.5. The van der Waals surface area contributed by atoms with Gasteiger partial charge in [0.15, 0.2) is 0 Å². The molecule has 1 saturated carbocycles. The molecule has 17 heavy (non-hydrogen) atoms. The van der Waals surface area contributed by atoms with Gasteiger partial charge in [-0.1, -0.05) is 19.3 Å². The number of aryl methyl sites for hydroxylation is 1. The Morgan fingerprint density at radius 2 is 2.06 bits per heavy atom. The average Bonchev–Trinajstić information content (AvgIpc) is 2.30. The fourth-order valence-electron chi connectivity index (χ4n) is 2.78. The van der Waals surface area contributed by atoms with Gasteiger partial charge in [-0.2, -0.15) is 0 Å². The number of nitrogens with one attached hydrogen (secondary N) is 1. The molecule has 1 aromatic rings. The predicted molar refractivity (Wildman–Crippen MR) is 68.2 cm³/mol. The third kappa shape index (κ3) is 2.75. The maximum absolute atomic E-state index is 12.1. The van der Waals surface area contributed by atoms with Crippen molar-refractivity contribution >= 4 is 0 Å².